The zero-order valence-corrected chi connectivity index (χ0v) is 17.4. The molecule has 0 unspecified atom stereocenters. The summed E-state index contributed by atoms with van der Waals surface area (Å²) in [5, 5.41) is 6.60. The van der Waals surface area contributed by atoms with Gasteiger partial charge in [0, 0.05) is 30.1 Å². The summed E-state index contributed by atoms with van der Waals surface area (Å²) in [4.78, 5) is 32.1. The number of rotatable bonds is 6. The van der Waals surface area contributed by atoms with Crippen LogP contribution in [-0.2, 0) is 16.6 Å². The first-order valence-corrected chi connectivity index (χ1v) is 10.5. The molecule has 2 heterocycles. The van der Waals surface area contributed by atoms with Gasteiger partial charge in [-0.1, -0.05) is 0 Å². The van der Waals surface area contributed by atoms with E-state index >= 15 is 0 Å². The Kier molecular flexibility index (Phi) is 5.92. The predicted octanol–water partition coefficient (Wildman–Crippen LogP) is 1.72. The van der Waals surface area contributed by atoms with Crippen LogP contribution in [0.2, 0.25) is 0 Å². The van der Waals surface area contributed by atoms with Crippen molar-refractivity contribution in [2.24, 2.45) is 0 Å². The third-order valence-corrected chi connectivity index (χ3v) is 5.40. The molecule has 0 spiro atoms. The number of nitrogens with zero attached hydrogens (tertiary/aromatic N) is 4. The van der Waals surface area contributed by atoms with E-state index in [0.29, 0.717) is 23.8 Å². The number of aromatic nitrogens is 4. The molecule has 0 saturated carbocycles. The first-order valence-electron chi connectivity index (χ1n) is 9.02. The van der Waals surface area contributed by atoms with Gasteiger partial charge in [0.05, 0.1) is 4.90 Å². The summed E-state index contributed by atoms with van der Waals surface area (Å²) in [6.07, 6.45) is 0. The van der Waals surface area contributed by atoms with Crippen molar-refractivity contribution in [3.05, 3.63) is 70.0 Å². The Labute approximate surface area is 173 Å². The Morgan fingerprint density at radius 2 is 1.77 bits per heavy atom. The highest BCUT2D eigenvalue weighted by Gasteiger charge is 2.16. The van der Waals surface area contributed by atoms with Gasteiger partial charge in [0.1, 0.15) is 17.3 Å². The van der Waals surface area contributed by atoms with Gasteiger partial charge < -0.3 is 5.32 Å². The maximum absolute atomic E-state index is 12.6. The Morgan fingerprint density at radius 1 is 1.07 bits per heavy atom. The molecule has 1 aromatic carbocycles. The van der Waals surface area contributed by atoms with E-state index in [0.717, 1.165) is 0 Å². The zero-order valence-electron chi connectivity index (χ0n) is 16.6. The van der Waals surface area contributed by atoms with Crippen molar-refractivity contribution < 1.29 is 13.2 Å². The SMILES string of the molecule is CCn1nc(C(=O)Nc2ccc(S(=O)(=O)Nc3cc(C)nc(C)n3)cc2)ccc1=O. The molecule has 0 aliphatic heterocycles. The van der Waals surface area contributed by atoms with Gasteiger partial charge in [-0.2, -0.15) is 5.10 Å². The number of carbonyl (C=O) groups excluding carboxylic acids is 1. The Bertz CT molecular complexity index is 1230. The number of amides is 1. The average Bonchev–Trinajstić information content (AvgIpc) is 2.67. The quantitative estimate of drug-likeness (QED) is 0.610. The van der Waals surface area contributed by atoms with E-state index in [1.807, 2.05) is 0 Å². The molecule has 2 N–H and O–H groups in total. The number of nitrogens with one attached hydrogen (secondary N) is 2. The van der Waals surface area contributed by atoms with E-state index < -0.39 is 15.9 Å². The highest BCUT2D eigenvalue weighted by Crippen LogP contribution is 2.18. The Hall–Kier alpha value is -3.60. The van der Waals surface area contributed by atoms with Crippen LogP contribution in [0.25, 0.3) is 0 Å². The predicted molar refractivity (Wildman–Crippen MR) is 111 cm³/mol. The molecule has 0 bridgehead atoms. The van der Waals surface area contributed by atoms with Gasteiger partial charge in [-0.3, -0.25) is 14.3 Å². The van der Waals surface area contributed by atoms with Crippen LogP contribution < -0.4 is 15.6 Å². The zero-order chi connectivity index (χ0) is 21.9. The normalized spacial score (nSPS) is 11.2. The molecule has 10 nitrogen and oxygen atoms in total. The Morgan fingerprint density at radius 3 is 2.40 bits per heavy atom. The number of sulfonamides is 1. The van der Waals surface area contributed by atoms with Gasteiger partial charge in [-0.15, -0.1) is 0 Å². The van der Waals surface area contributed by atoms with Crippen molar-refractivity contribution in [2.45, 2.75) is 32.2 Å². The van der Waals surface area contributed by atoms with E-state index in [4.69, 9.17) is 0 Å². The van der Waals surface area contributed by atoms with Gasteiger partial charge in [-0.05, 0) is 51.1 Å². The van der Waals surface area contributed by atoms with Crippen molar-refractivity contribution in [3.8, 4) is 0 Å². The first kappa shape index (κ1) is 21.1. The molecule has 156 valence electrons. The van der Waals surface area contributed by atoms with Gasteiger partial charge in [0.15, 0.2) is 0 Å². The highest BCUT2D eigenvalue weighted by atomic mass is 32.2. The maximum Gasteiger partial charge on any atom is 0.276 e. The second-order valence-corrected chi connectivity index (χ2v) is 8.08. The fraction of sp³-hybridized carbons (Fsp3) is 0.211. The maximum atomic E-state index is 12.6. The van der Waals surface area contributed by atoms with Crippen LogP contribution in [0.15, 0.2) is 52.2 Å². The number of anilines is 2. The molecule has 3 rings (SSSR count). The van der Waals surface area contributed by atoms with Crippen molar-refractivity contribution in [1.29, 1.82) is 0 Å². The number of benzene rings is 1. The number of hydrogen-bond acceptors (Lipinski definition) is 7. The van der Waals surface area contributed by atoms with Crippen molar-refractivity contribution in [1.82, 2.24) is 19.7 Å². The number of aryl methyl sites for hydroxylation is 3. The summed E-state index contributed by atoms with van der Waals surface area (Å²) in [5.74, 6) is 0.112. The van der Waals surface area contributed by atoms with Crippen LogP contribution in [-0.4, -0.2) is 34.1 Å². The molecule has 11 heteroatoms. The molecule has 1 amide bonds. The Balaban J connectivity index is 1.75. The standard InChI is InChI=1S/C19H20N6O4S/c1-4-25-18(26)10-9-16(23-25)19(27)22-14-5-7-15(8-6-14)30(28,29)24-17-11-12(2)20-13(3)21-17/h5-11H,4H2,1-3H3,(H,22,27)(H,20,21,24). The summed E-state index contributed by atoms with van der Waals surface area (Å²) >= 11 is 0. The van der Waals surface area contributed by atoms with E-state index in [1.54, 1.807) is 20.8 Å². The van der Waals surface area contributed by atoms with Crippen LogP contribution >= 0.6 is 0 Å². The molecule has 0 aliphatic carbocycles. The van der Waals surface area contributed by atoms with Crippen molar-refractivity contribution in [2.75, 3.05) is 10.0 Å². The lowest BCUT2D eigenvalue weighted by Crippen LogP contribution is -2.25. The summed E-state index contributed by atoms with van der Waals surface area (Å²) in [6, 6.07) is 9.76. The van der Waals surface area contributed by atoms with Gasteiger partial charge in [-0.25, -0.2) is 23.1 Å². The molecule has 0 radical (unpaired) electrons. The molecular weight excluding hydrogens is 408 g/mol. The molecule has 0 aliphatic rings. The molecule has 0 atom stereocenters. The first-order chi connectivity index (χ1) is 14.2. The third-order valence-electron chi connectivity index (χ3n) is 4.03. The lowest BCUT2D eigenvalue weighted by atomic mass is 10.3. The number of hydrogen-bond donors (Lipinski definition) is 2. The summed E-state index contributed by atoms with van der Waals surface area (Å²) in [7, 11) is -3.86. The third kappa shape index (κ3) is 4.87. The molecule has 0 saturated heterocycles. The van der Waals surface area contributed by atoms with Gasteiger partial charge in [0.25, 0.3) is 21.5 Å². The summed E-state index contributed by atoms with van der Waals surface area (Å²) in [6.45, 7) is 5.49. The van der Waals surface area contributed by atoms with Crippen LogP contribution in [0.4, 0.5) is 11.5 Å². The van der Waals surface area contributed by atoms with Gasteiger partial charge in [0.2, 0.25) is 0 Å². The minimum Gasteiger partial charge on any atom is -0.321 e. The van der Waals surface area contributed by atoms with Crippen LogP contribution in [0.3, 0.4) is 0 Å². The minimum atomic E-state index is -3.86. The smallest absolute Gasteiger partial charge is 0.276 e. The molecule has 3 aromatic rings. The van der Waals surface area contributed by atoms with Crippen molar-refractivity contribution >= 4 is 27.4 Å². The van der Waals surface area contributed by atoms with Crippen molar-refractivity contribution in [3.63, 3.8) is 0 Å². The fourth-order valence-electron chi connectivity index (χ4n) is 2.67. The topological polar surface area (TPSA) is 136 Å². The summed E-state index contributed by atoms with van der Waals surface area (Å²) < 4.78 is 28.7. The van der Waals surface area contributed by atoms with Gasteiger partial charge >= 0.3 is 0 Å². The lowest BCUT2D eigenvalue weighted by molar-refractivity contribution is 0.102. The van der Waals surface area contributed by atoms with E-state index in [1.165, 1.54) is 47.1 Å². The second kappa shape index (κ2) is 8.41. The number of carbonyl (C=O) groups is 1. The second-order valence-electron chi connectivity index (χ2n) is 6.40. The van der Waals surface area contributed by atoms with E-state index in [2.05, 4.69) is 25.1 Å². The summed E-state index contributed by atoms with van der Waals surface area (Å²) in [5.41, 5.74) is 0.791. The van der Waals surface area contributed by atoms with Crippen LogP contribution in [0.1, 0.15) is 28.9 Å². The molecule has 0 fully saturated rings. The van der Waals surface area contributed by atoms with E-state index in [9.17, 15) is 18.0 Å². The van der Waals surface area contributed by atoms with E-state index in [-0.39, 0.29) is 22.0 Å². The average molecular weight is 428 g/mol. The van der Waals surface area contributed by atoms with Crippen LogP contribution in [0, 0.1) is 13.8 Å². The minimum absolute atomic E-state index is 0.00655. The monoisotopic (exact) mass is 428 g/mol. The lowest BCUT2D eigenvalue weighted by Gasteiger charge is -2.10. The largest absolute Gasteiger partial charge is 0.321 e. The fourth-order valence-corrected chi connectivity index (χ4v) is 3.67. The molecule has 30 heavy (non-hydrogen) atoms. The highest BCUT2D eigenvalue weighted by molar-refractivity contribution is 7.92. The molecular formula is C19H20N6O4S. The van der Waals surface area contributed by atoms with Crippen LogP contribution in [0.5, 0.6) is 0 Å². The molecule has 2 aromatic heterocycles.